The molecule has 0 aliphatic heterocycles. The van der Waals surface area contributed by atoms with Crippen LogP contribution in [0.2, 0.25) is 5.02 Å². The Kier molecular flexibility index (Phi) is 5.83. The number of benzene rings is 2. The first kappa shape index (κ1) is 16.8. The molecule has 0 aliphatic rings. The van der Waals surface area contributed by atoms with Crippen LogP contribution in [0.5, 0.6) is 0 Å². The van der Waals surface area contributed by atoms with Crippen molar-refractivity contribution in [2.24, 2.45) is 0 Å². The summed E-state index contributed by atoms with van der Waals surface area (Å²) in [4.78, 5) is 11.5. The molecule has 0 spiro atoms. The van der Waals surface area contributed by atoms with Crippen molar-refractivity contribution in [3.8, 4) is 0 Å². The zero-order valence-corrected chi connectivity index (χ0v) is 14.4. The third kappa shape index (κ3) is 4.00. The zero-order chi connectivity index (χ0) is 16.1. The lowest BCUT2D eigenvalue weighted by atomic mass is 9.97. The second kappa shape index (κ2) is 7.63. The second-order valence-corrected chi connectivity index (χ2v) is 6.11. The number of esters is 1. The van der Waals surface area contributed by atoms with Gasteiger partial charge in [-0.25, -0.2) is 4.79 Å². The quantitative estimate of drug-likeness (QED) is 0.615. The van der Waals surface area contributed by atoms with Crippen molar-refractivity contribution >= 4 is 39.2 Å². The number of anilines is 1. The van der Waals surface area contributed by atoms with Gasteiger partial charge in [0.25, 0.3) is 0 Å². The van der Waals surface area contributed by atoms with E-state index in [2.05, 4.69) is 15.9 Å². The van der Waals surface area contributed by atoms with Crippen LogP contribution in [0.25, 0.3) is 0 Å². The number of nitrogens with two attached hydrogens (primary N) is 2. The third-order valence-corrected chi connectivity index (χ3v) is 4.21. The summed E-state index contributed by atoms with van der Waals surface area (Å²) in [5, 5.41) is 2.50. The SMILES string of the molecule is COC(=O)C[NH2+][C@H](c1cc(Br)ccc1N)c1ccccc1Cl. The second-order valence-electron chi connectivity index (χ2n) is 4.79. The molecule has 2 aromatic rings. The summed E-state index contributed by atoms with van der Waals surface area (Å²) in [6.07, 6.45) is 0. The average molecular weight is 385 g/mol. The van der Waals surface area contributed by atoms with E-state index in [-0.39, 0.29) is 18.6 Å². The standard InChI is InChI=1S/C16H16BrClN2O2/c1-22-15(21)9-20-16(11-4-2-3-5-13(11)18)12-8-10(17)6-7-14(12)19/h2-8,16,20H,9,19H2,1H3/p+1/t16-/m0/s1. The maximum Gasteiger partial charge on any atom is 0.361 e. The summed E-state index contributed by atoms with van der Waals surface area (Å²) in [5.41, 5.74) is 8.56. The van der Waals surface area contributed by atoms with Gasteiger partial charge in [0.1, 0.15) is 6.04 Å². The Balaban J connectivity index is 2.43. The van der Waals surface area contributed by atoms with Crippen molar-refractivity contribution in [3.05, 3.63) is 63.1 Å². The Hall–Kier alpha value is -1.56. The molecule has 4 N–H and O–H groups in total. The molecule has 0 radical (unpaired) electrons. The molecule has 1 atom stereocenters. The number of halogens is 2. The van der Waals surface area contributed by atoms with Crippen molar-refractivity contribution in [1.82, 2.24) is 0 Å². The van der Waals surface area contributed by atoms with Gasteiger partial charge in [0, 0.05) is 21.3 Å². The molecule has 0 bridgehead atoms. The molecule has 0 aliphatic carbocycles. The predicted molar refractivity (Wildman–Crippen MR) is 90.7 cm³/mol. The number of rotatable bonds is 5. The highest BCUT2D eigenvalue weighted by Gasteiger charge is 2.23. The lowest BCUT2D eigenvalue weighted by Gasteiger charge is -2.19. The highest BCUT2D eigenvalue weighted by atomic mass is 79.9. The van der Waals surface area contributed by atoms with E-state index in [4.69, 9.17) is 22.1 Å². The van der Waals surface area contributed by atoms with Crippen molar-refractivity contribution in [3.63, 3.8) is 0 Å². The minimum atomic E-state index is -0.300. The van der Waals surface area contributed by atoms with Gasteiger partial charge >= 0.3 is 5.97 Å². The lowest BCUT2D eigenvalue weighted by Crippen LogP contribution is -2.87. The van der Waals surface area contributed by atoms with Crippen molar-refractivity contribution < 1.29 is 14.8 Å². The van der Waals surface area contributed by atoms with Crippen LogP contribution < -0.4 is 11.1 Å². The molecule has 2 aromatic carbocycles. The number of hydrogen-bond acceptors (Lipinski definition) is 3. The number of hydrogen-bond donors (Lipinski definition) is 2. The molecule has 22 heavy (non-hydrogen) atoms. The van der Waals surface area contributed by atoms with E-state index < -0.39 is 0 Å². The molecule has 0 aromatic heterocycles. The molecular weight excluding hydrogens is 368 g/mol. The summed E-state index contributed by atoms with van der Waals surface area (Å²) in [7, 11) is 1.37. The largest absolute Gasteiger partial charge is 0.465 e. The van der Waals surface area contributed by atoms with Gasteiger partial charge < -0.3 is 15.8 Å². The summed E-state index contributed by atoms with van der Waals surface area (Å²) in [6.45, 7) is 0.179. The first-order valence-corrected chi connectivity index (χ1v) is 7.89. The fourth-order valence-corrected chi connectivity index (χ4v) is 2.89. The maximum atomic E-state index is 11.5. The molecule has 116 valence electrons. The Bertz CT molecular complexity index is 679. The highest BCUT2D eigenvalue weighted by molar-refractivity contribution is 9.10. The Morgan fingerprint density at radius 3 is 2.73 bits per heavy atom. The Labute approximate surface area is 142 Å². The molecule has 4 nitrogen and oxygen atoms in total. The van der Waals surface area contributed by atoms with Crippen LogP contribution in [0, 0.1) is 0 Å². The molecule has 0 heterocycles. The van der Waals surface area contributed by atoms with Crippen LogP contribution in [-0.2, 0) is 9.53 Å². The number of quaternary nitrogens is 1. The third-order valence-electron chi connectivity index (χ3n) is 3.37. The maximum absolute atomic E-state index is 11.5. The van der Waals surface area contributed by atoms with E-state index in [1.807, 2.05) is 47.8 Å². The molecule has 0 saturated heterocycles. The fraction of sp³-hybridized carbons (Fsp3) is 0.188. The van der Waals surface area contributed by atoms with Crippen LogP contribution in [0.15, 0.2) is 46.9 Å². The van der Waals surface area contributed by atoms with Gasteiger partial charge in [0.15, 0.2) is 6.54 Å². The summed E-state index contributed by atoms with van der Waals surface area (Å²) < 4.78 is 5.63. The molecular formula is C16H17BrClN2O2+. The zero-order valence-electron chi connectivity index (χ0n) is 12.1. The Morgan fingerprint density at radius 1 is 1.32 bits per heavy atom. The van der Waals surface area contributed by atoms with Crippen LogP contribution in [0.1, 0.15) is 17.2 Å². The van der Waals surface area contributed by atoms with E-state index >= 15 is 0 Å². The van der Waals surface area contributed by atoms with Crippen LogP contribution >= 0.6 is 27.5 Å². The van der Waals surface area contributed by atoms with E-state index in [1.165, 1.54) is 7.11 Å². The predicted octanol–water partition coefficient (Wildman–Crippen LogP) is 2.51. The van der Waals surface area contributed by atoms with Gasteiger partial charge in [0.05, 0.1) is 12.1 Å². The first-order chi connectivity index (χ1) is 10.5. The lowest BCUT2D eigenvalue weighted by molar-refractivity contribution is -0.677. The summed E-state index contributed by atoms with van der Waals surface area (Å²) >= 11 is 9.78. The Morgan fingerprint density at radius 2 is 2.05 bits per heavy atom. The van der Waals surface area contributed by atoms with Gasteiger partial charge in [-0.1, -0.05) is 45.7 Å². The van der Waals surface area contributed by atoms with Crippen LogP contribution in [-0.4, -0.2) is 19.6 Å². The minimum Gasteiger partial charge on any atom is -0.465 e. The van der Waals surface area contributed by atoms with Crippen molar-refractivity contribution in [2.75, 3.05) is 19.4 Å². The van der Waals surface area contributed by atoms with Crippen LogP contribution in [0.4, 0.5) is 5.69 Å². The number of ether oxygens (including phenoxy) is 1. The molecule has 0 amide bonds. The summed E-state index contributed by atoms with van der Waals surface area (Å²) in [5.74, 6) is -0.300. The van der Waals surface area contributed by atoms with E-state index in [9.17, 15) is 4.79 Å². The molecule has 2 rings (SSSR count). The number of methoxy groups -OCH3 is 1. The van der Waals surface area contributed by atoms with Crippen LogP contribution in [0.3, 0.4) is 0 Å². The highest BCUT2D eigenvalue weighted by Crippen LogP contribution is 2.30. The van der Waals surface area contributed by atoms with E-state index in [0.717, 1.165) is 15.6 Å². The van der Waals surface area contributed by atoms with Gasteiger partial charge in [-0.2, -0.15) is 0 Å². The average Bonchev–Trinajstić information content (AvgIpc) is 2.52. The number of carbonyl (C=O) groups excluding carboxylic acids is 1. The minimum absolute atomic E-state index is 0.179. The van der Waals surface area contributed by atoms with Gasteiger partial charge in [-0.15, -0.1) is 0 Å². The smallest absolute Gasteiger partial charge is 0.361 e. The topological polar surface area (TPSA) is 68.9 Å². The van der Waals surface area contributed by atoms with Gasteiger partial charge in [0.2, 0.25) is 0 Å². The fourth-order valence-electron chi connectivity index (χ4n) is 2.26. The normalized spacial score (nSPS) is 12.0. The van der Waals surface area contributed by atoms with Gasteiger partial charge in [-0.05, 0) is 24.3 Å². The van der Waals surface area contributed by atoms with Crippen molar-refractivity contribution in [2.45, 2.75) is 6.04 Å². The molecule has 6 heteroatoms. The summed E-state index contributed by atoms with van der Waals surface area (Å²) in [6, 6.07) is 13.0. The number of carbonyl (C=O) groups is 1. The monoisotopic (exact) mass is 383 g/mol. The molecule has 0 fully saturated rings. The number of nitrogen functional groups attached to an aromatic ring is 1. The van der Waals surface area contributed by atoms with Gasteiger partial charge in [-0.3, -0.25) is 0 Å². The molecule has 0 unspecified atom stereocenters. The van der Waals surface area contributed by atoms with Crippen molar-refractivity contribution in [1.29, 1.82) is 0 Å². The van der Waals surface area contributed by atoms with E-state index in [1.54, 1.807) is 0 Å². The molecule has 0 saturated carbocycles. The van der Waals surface area contributed by atoms with E-state index in [0.29, 0.717) is 10.7 Å². The first-order valence-electron chi connectivity index (χ1n) is 6.72.